The number of nitrogens with one attached hydrogen (secondary N) is 1. The van der Waals surface area contributed by atoms with Crippen LogP contribution < -0.4 is 5.32 Å². The number of carbonyl (C=O) groups excluding carboxylic acids is 2. The van der Waals surface area contributed by atoms with Crippen molar-refractivity contribution < 1.29 is 27.5 Å². The number of aromatic nitrogens is 1. The Balaban J connectivity index is 1.52. The molecule has 202 valence electrons. The van der Waals surface area contributed by atoms with E-state index in [0.717, 1.165) is 73.1 Å². The Labute approximate surface area is 227 Å². The highest BCUT2D eigenvalue weighted by molar-refractivity contribution is 7.98. The van der Waals surface area contributed by atoms with Crippen LogP contribution in [-0.4, -0.2) is 35.0 Å². The normalized spacial score (nSPS) is 14.0. The number of rotatable bonds is 8. The first-order valence-electron chi connectivity index (χ1n) is 13.1. The van der Waals surface area contributed by atoms with Crippen LogP contribution in [0.15, 0.2) is 42.5 Å². The quantitative estimate of drug-likeness (QED) is 0.171. The summed E-state index contributed by atoms with van der Waals surface area (Å²) in [5.74, 6) is -0.303. The zero-order chi connectivity index (χ0) is 27.3. The van der Waals surface area contributed by atoms with Gasteiger partial charge in [0.1, 0.15) is 0 Å². The summed E-state index contributed by atoms with van der Waals surface area (Å²) in [6.45, 7) is 2.62. The molecule has 0 spiro atoms. The Bertz CT molecular complexity index is 1640. The molecule has 2 aliphatic rings. The van der Waals surface area contributed by atoms with Gasteiger partial charge in [0.25, 0.3) is 5.91 Å². The molecule has 0 saturated heterocycles. The molecule has 1 aliphatic carbocycles. The third-order valence-corrected chi connectivity index (χ3v) is 8.72. The van der Waals surface area contributed by atoms with Crippen molar-refractivity contribution in [3.8, 4) is 11.1 Å². The van der Waals surface area contributed by atoms with E-state index in [1.165, 1.54) is 5.56 Å². The monoisotopic (exact) mass is 552 g/mol. The van der Waals surface area contributed by atoms with E-state index in [-0.39, 0.29) is 18.9 Å². The van der Waals surface area contributed by atoms with Gasteiger partial charge in [0.05, 0.1) is 17.7 Å². The van der Waals surface area contributed by atoms with Crippen molar-refractivity contribution in [2.24, 2.45) is 0 Å². The summed E-state index contributed by atoms with van der Waals surface area (Å²) in [4.78, 5) is 24.4. The number of alkyl halides is 3. The minimum absolute atomic E-state index is 0.0746. The minimum Gasteiger partial charge on any atom is -0.459 e. The molecule has 0 atom stereocenters. The lowest BCUT2D eigenvalue weighted by Gasteiger charge is -2.14. The van der Waals surface area contributed by atoms with Crippen LogP contribution in [0.1, 0.15) is 52.4 Å². The van der Waals surface area contributed by atoms with Gasteiger partial charge in [0.15, 0.2) is 0 Å². The second-order valence-electron chi connectivity index (χ2n) is 9.99. The number of fused-ring (bicyclic) bond motifs is 10. The number of halogens is 3. The van der Waals surface area contributed by atoms with E-state index < -0.39 is 12.1 Å². The van der Waals surface area contributed by atoms with E-state index in [1.54, 1.807) is 0 Å². The predicted molar refractivity (Wildman–Crippen MR) is 147 cm³/mol. The summed E-state index contributed by atoms with van der Waals surface area (Å²) in [7, 11) is 0. The second-order valence-corrected chi connectivity index (χ2v) is 11.1. The number of carbonyl (C=O) groups is 2. The Morgan fingerprint density at radius 1 is 1.13 bits per heavy atom. The summed E-state index contributed by atoms with van der Waals surface area (Å²) in [6.07, 6.45) is -3.02. The fourth-order valence-electron chi connectivity index (χ4n) is 5.95. The molecule has 2 heterocycles. The van der Waals surface area contributed by atoms with Crippen molar-refractivity contribution in [1.29, 1.82) is 0 Å². The van der Waals surface area contributed by atoms with Crippen molar-refractivity contribution in [3.63, 3.8) is 0 Å². The first-order chi connectivity index (χ1) is 18.8. The van der Waals surface area contributed by atoms with E-state index in [0.29, 0.717) is 19.5 Å². The second kappa shape index (κ2) is 9.93. The van der Waals surface area contributed by atoms with E-state index in [9.17, 15) is 22.8 Å². The van der Waals surface area contributed by atoms with E-state index in [1.807, 2.05) is 30.0 Å². The molecule has 6 rings (SSSR count). The molecule has 1 aliphatic heterocycles. The third kappa shape index (κ3) is 4.36. The molecule has 0 unspecified atom stereocenters. The number of nitrogens with zero attached hydrogens (tertiary/aromatic N) is 1. The Hall–Kier alpha value is -3.46. The molecular formula is C30H27F3N2O3S. The van der Waals surface area contributed by atoms with Gasteiger partial charge in [-0.1, -0.05) is 37.3 Å². The molecule has 9 heteroatoms. The van der Waals surface area contributed by atoms with Crippen LogP contribution in [0.5, 0.6) is 0 Å². The Morgan fingerprint density at radius 2 is 1.95 bits per heavy atom. The number of esters is 1. The molecule has 4 aromatic rings. The van der Waals surface area contributed by atoms with Crippen molar-refractivity contribution in [3.05, 3.63) is 70.3 Å². The average Bonchev–Trinajstić information content (AvgIpc) is 3.57. The Kier molecular flexibility index (Phi) is 6.57. The fourth-order valence-corrected chi connectivity index (χ4v) is 6.80. The first kappa shape index (κ1) is 25.8. The van der Waals surface area contributed by atoms with Gasteiger partial charge in [-0.15, -0.1) is 0 Å². The topological polar surface area (TPSA) is 60.3 Å². The first-order valence-corrected chi connectivity index (χ1v) is 14.3. The number of aryl methyl sites for hydroxylation is 1. The largest absolute Gasteiger partial charge is 0.490 e. The number of hydrogen-bond acceptors (Lipinski definition) is 4. The number of benzene rings is 3. The van der Waals surface area contributed by atoms with Gasteiger partial charge in [-0.3, -0.25) is 4.79 Å². The summed E-state index contributed by atoms with van der Waals surface area (Å²) in [5.41, 5.74) is 9.07. The highest BCUT2D eigenvalue weighted by Crippen LogP contribution is 2.48. The van der Waals surface area contributed by atoms with Crippen LogP contribution in [0.3, 0.4) is 0 Å². The van der Waals surface area contributed by atoms with Gasteiger partial charge in [0, 0.05) is 47.1 Å². The lowest BCUT2D eigenvalue weighted by molar-refractivity contribution is -0.199. The zero-order valence-corrected chi connectivity index (χ0v) is 22.2. The molecule has 1 amide bonds. The number of thioether (sulfide) groups is 1. The molecule has 3 aromatic carbocycles. The SMILES string of the molecule is CCCSCc1ccc2c(c1)c1c3c(c4c(c1n2CCCOC(=O)C(F)(F)F)Cc1ccccc1-4)C(=O)NC3. The number of amides is 1. The van der Waals surface area contributed by atoms with Gasteiger partial charge in [-0.25, -0.2) is 4.79 Å². The zero-order valence-electron chi connectivity index (χ0n) is 21.4. The molecule has 0 fully saturated rings. The average molecular weight is 553 g/mol. The highest BCUT2D eigenvalue weighted by atomic mass is 32.2. The van der Waals surface area contributed by atoms with Crippen LogP contribution >= 0.6 is 11.8 Å². The van der Waals surface area contributed by atoms with Crippen molar-refractivity contribution >= 4 is 45.4 Å². The van der Waals surface area contributed by atoms with Gasteiger partial charge in [-0.05, 0) is 58.5 Å². The van der Waals surface area contributed by atoms with Crippen molar-refractivity contribution in [1.82, 2.24) is 9.88 Å². The Morgan fingerprint density at radius 3 is 2.74 bits per heavy atom. The highest BCUT2D eigenvalue weighted by Gasteiger charge is 2.41. The molecule has 39 heavy (non-hydrogen) atoms. The third-order valence-electron chi connectivity index (χ3n) is 7.48. The summed E-state index contributed by atoms with van der Waals surface area (Å²) >= 11 is 1.87. The molecular weight excluding hydrogens is 525 g/mol. The maximum Gasteiger partial charge on any atom is 0.490 e. The summed E-state index contributed by atoms with van der Waals surface area (Å²) in [5, 5.41) is 5.10. The minimum atomic E-state index is -5.01. The maximum atomic E-state index is 13.2. The van der Waals surface area contributed by atoms with E-state index in [2.05, 4.69) is 45.8 Å². The van der Waals surface area contributed by atoms with Crippen LogP contribution in [0.2, 0.25) is 0 Å². The van der Waals surface area contributed by atoms with Gasteiger partial charge in [-0.2, -0.15) is 24.9 Å². The summed E-state index contributed by atoms with van der Waals surface area (Å²) in [6, 6.07) is 14.5. The summed E-state index contributed by atoms with van der Waals surface area (Å²) < 4.78 is 44.6. The molecule has 5 nitrogen and oxygen atoms in total. The van der Waals surface area contributed by atoms with E-state index in [4.69, 9.17) is 0 Å². The van der Waals surface area contributed by atoms with E-state index >= 15 is 0 Å². The lowest BCUT2D eigenvalue weighted by atomic mass is 9.92. The van der Waals surface area contributed by atoms with Gasteiger partial charge >= 0.3 is 12.1 Å². The van der Waals surface area contributed by atoms with Gasteiger partial charge in [0.2, 0.25) is 0 Å². The smallest absolute Gasteiger partial charge is 0.459 e. The lowest BCUT2D eigenvalue weighted by Crippen LogP contribution is -2.26. The predicted octanol–water partition coefficient (Wildman–Crippen LogP) is 6.75. The molecule has 0 radical (unpaired) electrons. The molecule has 1 aromatic heterocycles. The molecule has 0 saturated carbocycles. The van der Waals surface area contributed by atoms with Crippen LogP contribution in [-0.2, 0) is 34.8 Å². The van der Waals surface area contributed by atoms with Crippen molar-refractivity contribution in [2.75, 3.05) is 12.4 Å². The van der Waals surface area contributed by atoms with Crippen LogP contribution in [0.4, 0.5) is 13.2 Å². The standard InChI is InChI=1S/C30H27F3N2O3S/c1-2-12-39-16-17-8-9-23-20(13-17)25-22-15-34-28(36)26(22)24-19-7-4-3-6-18(19)14-21(24)27(25)35(23)10-5-11-38-29(37)30(31,32)33/h3-4,6-9,13H,2,5,10-12,14-16H2,1H3,(H,34,36). The fraction of sp³-hybridized carbons (Fsp3) is 0.333. The number of ether oxygens (including phenoxy) is 1. The molecule has 1 N–H and O–H groups in total. The van der Waals surface area contributed by atoms with Crippen molar-refractivity contribution in [2.45, 2.75) is 51.2 Å². The molecule has 0 bridgehead atoms. The number of hydrogen-bond donors (Lipinski definition) is 1. The van der Waals surface area contributed by atoms with Crippen LogP contribution in [0, 0.1) is 0 Å². The maximum absolute atomic E-state index is 13.2. The van der Waals surface area contributed by atoms with Crippen LogP contribution in [0.25, 0.3) is 32.9 Å². The van der Waals surface area contributed by atoms with Gasteiger partial charge < -0.3 is 14.6 Å².